The van der Waals surface area contributed by atoms with E-state index in [-0.39, 0.29) is 16.5 Å². The molecule has 4 rings (SSSR count). The number of benzene rings is 1. The Hall–Kier alpha value is -2.38. The lowest BCUT2D eigenvalue weighted by Crippen LogP contribution is -2.50. The van der Waals surface area contributed by atoms with Gasteiger partial charge in [0.1, 0.15) is 5.02 Å². The molecule has 3 heterocycles. The van der Waals surface area contributed by atoms with Crippen LogP contribution in [0.2, 0.25) is 5.02 Å². The van der Waals surface area contributed by atoms with Gasteiger partial charge in [0.2, 0.25) is 5.91 Å². The van der Waals surface area contributed by atoms with Crippen molar-refractivity contribution in [1.29, 1.82) is 0 Å². The summed E-state index contributed by atoms with van der Waals surface area (Å²) in [6.07, 6.45) is 3.88. The molecule has 2 fully saturated rings. The van der Waals surface area contributed by atoms with Gasteiger partial charge in [0.05, 0.1) is 24.1 Å². The second-order valence-corrected chi connectivity index (χ2v) is 7.63. The van der Waals surface area contributed by atoms with E-state index in [2.05, 4.69) is 14.9 Å². The standard InChI is InChI=1S/C20H24ClN5O2/c21-19-17(14-22-26(20(19)28)16-6-2-1-3-7-16)24-12-10-23(11-13-24)15-18(27)25-8-4-5-9-25/h1-3,6-7,14H,4-5,8-13,15H2. The predicted molar refractivity (Wildman–Crippen MR) is 109 cm³/mol. The van der Waals surface area contributed by atoms with Gasteiger partial charge < -0.3 is 9.80 Å². The second kappa shape index (κ2) is 8.32. The van der Waals surface area contributed by atoms with Gasteiger partial charge in [0, 0.05) is 39.3 Å². The van der Waals surface area contributed by atoms with Crippen LogP contribution in [0.3, 0.4) is 0 Å². The number of carbonyl (C=O) groups excluding carboxylic acids is 1. The van der Waals surface area contributed by atoms with E-state index in [0.29, 0.717) is 31.0 Å². The Balaban J connectivity index is 1.41. The number of hydrogen-bond donors (Lipinski definition) is 0. The van der Waals surface area contributed by atoms with Crippen molar-refractivity contribution in [1.82, 2.24) is 19.6 Å². The highest BCUT2D eigenvalue weighted by atomic mass is 35.5. The highest BCUT2D eigenvalue weighted by Crippen LogP contribution is 2.23. The number of para-hydroxylation sites is 1. The van der Waals surface area contributed by atoms with Crippen molar-refractivity contribution in [2.75, 3.05) is 50.7 Å². The molecule has 148 valence electrons. The molecule has 0 N–H and O–H groups in total. The molecule has 28 heavy (non-hydrogen) atoms. The van der Waals surface area contributed by atoms with Crippen LogP contribution in [-0.2, 0) is 4.79 Å². The third kappa shape index (κ3) is 3.91. The summed E-state index contributed by atoms with van der Waals surface area (Å²) in [5.74, 6) is 0.219. The van der Waals surface area contributed by atoms with E-state index in [4.69, 9.17) is 11.6 Å². The lowest BCUT2D eigenvalue weighted by atomic mass is 10.2. The van der Waals surface area contributed by atoms with Crippen molar-refractivity contribution in [3.05, 3.63) is 51.9 Å². The Morgan fingerprint density at radius 1 is 1.00 bits per heavy atom. The molecule has 1 aromatic heterocycles. The molecule has 0 atom stereocenters. The molecule has 0 aliphatic carbocycles. The quantitative estimate of drug-likeness (QED) is 0.779. The minimum Gasteiger partial charge on any atom is -0.366 e. The van der Waals surface area contributed by atoms with Crippen molar-refractivity contribution in [3.8, 4) is 5.69 Å². The first-order valence-corrected chi connectivity index (χ1v) is 10.1. The van der Waals surface area contributed by atoms with Crippen LogP contribution in [0.25, 0.3) is 5.69 Å². The lowest BCUT2D eigenvalue weighted by Gasteiger charge is -2.36. The number of rotatable bonds is 4. The molecule has 2 aliphatic heterocycles. The fourth-order valence-corrected chi connectivity index (χ4v) is 4.05. The Morgan fingerprint density at radius 2 is 1.68 bits per heavy atom. The molecular formula is C20H24ClN5O2. The van der Waals surface area contributed by atoms with Gasteiger partial charge >= 0.3 is 0 Å². The summed E-state index contributed by atoms with van der Waals surface area (Å²) in [7, 11) is 0. The van der Waals surface area contributed by atoms with Crippen LogP contribution in [0.1, 0.15) is 12.8 Å². The molecule has 0 bridgehead atoms. The number of carbonyl (C=O) groups is 1. The van der Waals surface area contributed by atoms with Crippen molar-refractivity contribution in [2.24, 2.45) is 0 Å². The summed E-state index contributed by atoms with van der Waals surface area (Å²) in [6, 6.07) is 9.24. The zero-order chi connectivity index (χ0) is 19.5. The number of aromatic nitrogens is 2. The molecule has 1 aromatic carbocycles. The van der Waals surface area contributed by atoms with E-state index < -0.39 is 0 Å². The SMILES string of the molecule is O=C(CN1CCN(c2cnn(-c3ccccc3)c(=O)c2Cl)CC1)N1CCCC1. The molecule has 0 unspecified atom stereocenters. The fraction of sp³-hybridized carbons (Fsp3) is 0.450. The van der Waals surface area contributed by atoms with E-state index in [1.807, 2.05) is 35.2 Å². The number of piperazine rings is 1. The molecule has 0 radical (unpaired) electrons. The zero-order valence-corrected chi connectivity index (χ0v) is 16.5. The molecule has 2 saturated heterocycles. The predicted octanol–water partition coefficient (Wildman–Crippen LogP) is 1.63. The van der Waals surface area contributed by atoms with Crippen LogP contribution in [0, 0.1) is 0 Å². The Morgan fingerprint density at radius 3 is 2.36 bits per heavy atom. The summed E-state index contributed by atoms with van der Waals surface area (Å²) in [6.45, 7) is 5.19. The van der Waals surface area contributed by atoms with Gasteiger partial charge in [-0.3, -0.25) is 14.5 Å². The average molecular weight is 402 g/mol. The maximum atomic E-state index is 12.7. The third-order valence-corrected chi connectivity index (χ3v) is 5.79. The van der Waals surface area contributed by atoms with E-state index in [1.165, 1.54) is 4.68 Å². The van der Waals surface area contributed by atoms with E-state index in [9.17, 15) is 9.59 Å². The van der Waals surface area contributed by atoms with Gasteiger partial charge in [0.25, 0.3) is 5.56 Å². The highest BCUT2D eigenvalue weighted by Gasteiger charge is 2.25. The summed E-state index contributed by atoms with van der Waals surface area (Å²) in [4.78, 5) is 31.2. The van der Waals surface area contributed by atoms with E-state index in [0.717, 1.165) is 39.0 Å². The topological polar surface area (TPSA) is 61.7 Å². The molecule has 0 spiro atoms. The minimum atomic E-state index is -0.322. The number of likely N-dealkylation sites (tertiary alicyclic amines) is 1. The smallest absolute Gasteiger partial charge is 0.292 e. The first-order valence-electron chi connectivity index (χ1n) is 9.72. The molecule has 2 aromatic rings. The highest BCUT2D eigenvalue weighted by molar-refractivity contribution is 6.33. The Kier molecular flexibility index (Phi) is 5.64. The molecular weight excluding hydrogens is 378 g/mol. The van der Waals surface area contributed by atoms with E-state index in [1.54, 1.807) is 6.20 Å². The molecule has 1 amide bonds. The Labute approximate surface area is 169 Å². The minimum absolute atomic E-state index is 0.181. The van der Waals surface area contributed by atoms with Gasteiger partial charge in [-0.2, -0.15) is 9.78 Å². The second-order valence-electron chi connectivity index (χ2n) is 7.25. The number of hydrogen-bond acceptors (Lipinski definition) is 5. The zero-order valence-electron chi connectivity index (χ0n) is 15.8. The van der Waals surface area contributed by atoms with Gasteiger partial charge in [-0.15, -0.1) is 0 Å². The summed E-state index contributed by atoms with van der Waals surface area (Å²) < 4.78 is 1.32. The van der Waals surface area contributed by atoms with Crippen LogP contribution in [0.15, 0.2) is 41.3 Å². The first kappa shape index (κ1) is 19.0. The van der Waals surface area contributed by atoms with Crippen molar-refractivity contribution in [3.63, 3.8) is 0 Å². The molecule has 0 saturated carbocycles. The summed E-state index contributed by atoms with van der Waals surface area (Å²) in [5.41, 5.74) is 1.02. The number of amides is 1. The lowest BCUT2D eigenvalue weighted by molar-refractivity contribution is -0.131. The molecule has 8 heteroatoms. The Bertz CT molecular complexity index is 887. The molecule has 2 aliphatic rings. The maximum Gasteiger partial charge on any atom is 0.292 e. The maximum absolute atomic E-state index is 12.7. The largest absolute Gasteiger partial charge is 0.366 e. The van der Waals surface area contributed by atoms with Gasteiger partial charge in [-0.25, -0.2) is 0 Å². The molecule has 7 nitrogen and oxygen atoms in total. The third-order valence-electron chi connectivity index (χ3n) is 5.43. The fourth-order valence-electron chi connectivity index (χ4n) is 3.80. The summed E-state index contributed by atoms with van der Waals surface area (Å²) >= 11 is 6.40. The van der Waals surface area contributed by atoms with Crippen LogP contribution >= 0.6 is 11.6 Å². The summed E-state index contributed by atoms with van der Waals surface area (Å²) in [5, 5.41) is 4.49. The first-order chi connectivity index (χ1) is 13.6. The van der Waals surface area contributed by atoms with Crippen LogP contribution < -0.4 is 10.5 Å². The van der Waals surface area contributed by atoms with E-state index >= 15 is 0 Å². The van der Waals surface area contributed by atoms with Crippen LogP contribution in [0.4, 0.5) is 5.69 Å². The van der Waals surface area contributed by atoms with Gasteiger partial charge in [-0.1, -0.05) is 29.8 Å². The van der Waals surface area contributed by atoms with Gasteiger partial charge in [-0.05, 0) is 25.0 Å². The monoisotopic (exact) mass is 401 g/mol. The van der Waals surface area contributed by atoms with Crippen LogP contribution in [0.5, 0.6) is 0 Å². The van der Waals surface area contributed by atoms with Crippen molar-refractivity contribution >= 4 is 23.2 Å². The normalized spacial score (nSPS) is 17.9. The number of halogens is 1. The average Bonchev–Trinajstić information content (AvgIpc) is 3.27. The number of nitrogens with zero attached hydrogens (tertiary/aromatic N) is 5. The number of anilines is 1. The van der Waals surface area contributed by atoms with Crippen molar-refractivity contribution < 1.29 is 4.79 Å². The van der Waals surface area contributed by atoms with Crippen molar-refractivity contribution in [2.45, 2.75) is 12.8 Å². The van der Waals surface area contributed by atoms with Gasteiger partial charge in [0.15, 0.2) is 0 Å². The van der Waals surface area contributed by atoms with Crippen LogP contribution in [-0.4, -0.2) is 71.3 Å².